The van der Waals surface area contributed by atoms with Crippen molar-refractivity contribution in [1.82, 2.24) is 9.88 Å². The first kappa shape index (κ1) is 28.1. The second-order valence-corrected chi connectivity index (χ2v) is 12.2. The number of nitrogens with two attached hydrogens (primary N) is 1. The Morgan fingerprint density at radius 1 is 1.18 bits per heavy atom. The number of hydrogen-bond donors (Lipinski definition) is 1. The number of carbonyl (C=O) groups excluding carboxylic acids is 2. The molecule has 40 heavy (non-hydrogen) atoms. The quantitative estimate of drug-likeness (QED) is 0.149. The average molecular weight is 589 g/mol. The van der Waals surface area contributed by atoms with Crippen LogP contribution >= 0.6 is 34.9 Å². The number of esters is 1. The molecule has 3 aromatic rings. The van der Waals surface area contributed by atoms with Gasteiger partial charge in [0.15, 0.2) is 10.4 Å². The zero-order valence-corrected chi connectivity index (χ0v) is 24.4. The maximum Gasteiger partial charge on any atom is 0.356 e. The lowest BCUT2D eigenvalue weighted by molar-refractivity contribution is -0.152. The number of thioether (sulfide) groups is 2. The number of allylic oxidation sites excluding steroid dienone is 4. The van der Waals surface area contributed by atoms with E-state index in [9.17, 15) is 9.59 Å². The highest BCUT2D eigenvalue weighted by atomic mass is 32.2. The van der Waals surface area contributed by atoms with Gasteiger partial charge in [-0.2, -0.15) is 0 Å². The smallest absolute Gasteiger partial charge is 0.356 e. The number of benzene rings is 2. The Balaban J connectivity index is 1.49. The maximum absolute atomic E-state index is 13.9. The van der Waals surface area contributed by atoms with Crippen LogP contribution in [0.15, 0.2) is 104 Å². The highest BCUT2D eigenvalue weighted by Crippen LogP contribution is 2.46. The predicted octanol–water partition coefficient (Wildman–Crippen LogP) is 5.68. The van der Waals surface area contributed by atoms with Crippen LogP contribution < -0.4 is 5.73 Å². The van der Waals surface area contributed by atoms with Crippen molar-refractivity contribution in [3.05, 3.63) is 112 Å². The van der Waals surface area contributed by atoms with E-state index in [1.807, 2.05) is 91.2 Å². The third kappa shape index (κ3) is 5.85. The number of nitrogens with zero attached hydrogens (tertiary/aromatic N) is 3. The van der Waals surface area contributed by atoms with E-state index in [4.69, 9.17) is 15.5 Å². The summed E-state index contributed by atoms with van der Waals surface area (Å²) in [5.41, 5.74) is 9.77. The van der Waals surface area contributed by atoms with E-state index in [2.05, 4.69) is 4.99 Å². The number of ether oxygens (including phenoxy) is 1. The number of hydrogen-bond acceptors (Lipinski definition) is 9. The first-order valence-electron chi connectivity index (χ1n) is 12.6. The van der Waals surface area contributed by atoms with Gasteiger partial charge >= 0.3 is 5.97 Å². The van der Waals surface area contributed by atoms with Gasteiger partial charge in [-0.15, -0.1) is 23.1 Å². The summed E-state index contributed by atoms with van der Waals surface area (Å²) in [5.74, 6) is -0.320. The van der Waals surface area contributed by atoms with Crippen LogP contribution in [0, 0.1) is 0 Å². The minimum absolute atomic E-state index is 0.247. The number of thiazole rings is 1. The fourth-order valence-electron chi connectivity index (χ4n) is 4.41. The molecule has 0 unspecified atom stereocenters. The summed E-state index contributed by atoms with van der Waals surface area (Å²) in [6.07, 6.45) is 6.92. The summed E-state index contributed by atoms with van der Waals surface area (Å²) in [5, 5.41) is 1.68. The number of aromatic nitrogens is 1. The Bertz CT molecular complexity index is 1460. The molecule has 7 nitrogen and oxygen atoms in total. The van der Waals surface area contributed by atoms with Crippen LogP contribution in [-0.2, 0) is 14.3 Å². The Morgan fingerprint density at radius 3 is 2.48 bits per heavy atom. The van der Waals surface area contributed by atoms with E-state index in [0.29, 0.717) is 5.75 Å². The standard InChI is InChI=1S/C30H28N4O3S3/c1-3-10-19(15-16-32-2)22-17-39-30(33-22)40-23-18-38-28-24(31)27(35)34(28)25(23)29(36)37-26(20-11-6-4-7-12-20)21-13-8-5-9-14-21/h3-17,24,26,28H,18,31H2,1-2H3/b10-3-,19-15+,32-16+/t24-,28-/m1/s1. The zero-order valence-electron chi connectivity index (χ0n) is 22.0. The lowest BCUT2D eigenvalue weighted by Gasteiger charge is -2.48. The van der Waals surface area contributed by atoms with Crippen LogP contribution in [0.2, 0.25) is 0 Å². The minimum Gasteiger partial charge on any atom is -0.448 e. The second-order valence-electron chi connectivity index (χ2n) is 8.94. The molecule has 10 heteroatoms. The third-order valence-corrected chi connectivity index (χ3v) is 9.84. The Morgan fingerprint density at radius 2 is 1.85 bits per heavy atom. The Hall–Kier alpha value is -3.44. The van der Waals surface area contributed by atoms with Gasteiger partial charge in [0, 0.05) is 34.9 Å². The van der Waals surface area contributed by atoms with Gasteiger partial charge in [0.25, 0.3) is 0 Å². The van der Waals surface area contributed by atoms with Gasteiger partial charge in [0.05, 0.1) is 5.69 Å². The molecule has 0 saturated carbocycles. The summed E-state index contributed by atoms with van der Waals surface area (Å²) in [4.78, 5) is 37.9. The first-order chi connectivity index (χ1) is 19.5. The lowest BCUT2D eigenvalue weighted by Crippen LogP contribution is -2.68. The van der Waals surface area contributed by atoms with Crippen molar-refractivity contribution in [3.63, 3.8) is 0 Å². The van der Waals surface area contributed by atoms with Crippen molar-refractivity contribution >= 4 is 58.5 Å². The normalized spacial score (nSPS) is 19.4. The molecule has 2 aliphatic heterocycles. The largest absolute Gasteiger partial charge is 0.448 e. The van der Waals surface area contributed by atoms with E-state index in [-0.39, 0.29) is 17.0 Å². The molecular formula is C30H28N4O3S3. The van der Waals surface area contributed by atoms with E-state index >= 15 is 0 Å². The van der Waals surface area contributed by atoms with E-state index in [1.54, 1.807) is 25.0 Å². The highest BCUT2D eigenvalue weighted by Gasteiger charge is 2.52. The number of β-lactam (4-membered cyclic amide) rings is 1. The molecule has 204 valence electrons. The van der Waals surface area contributed by atoms with Gasteiger partial charge in [0.1, 0.15) is 17.1 Å². The Labute approximate surface area is 245 Å². The lowest BCUT2D eigenvalue weighted by atomic mass is 10.0. The molecule has 1 amide bonds. The number of fused-ring (bicyclic) bond motifs is 1. The maximum atomic E-state index is 13.9. The molecule has 0 aliphatic carbocycles. The predicted molar refractivity (Wildman–Crippen MR) is 164 cm³/mol. The van der Waals surface area contributed by atoms with Gasteiger partial charge in [-0.25, -0.2) is 9.78 Å². The molecular weight excluding hydrogens is 561 g/mol. The van der Waals surface area contributed by atoms with Crippen LogP contribution in [0.5, 0.6) is 0 Å². The summed E-state index contributed by atoms with van der Waals surface area (Å²) < 4.78 is 6.94. The van der Waals surface area contributed by atoms with Crippen LogP contribution in [0.1, 0.15) is 29.8 Å². The molecule has 5 rings (SSSR count). The fraction of sp³-hybridized carbons (Fsp3) is 0.200. The van der Waals surface area contributed by atoms with Crippen molar-refractivity contribution in [2.75, 3.05) is 12.8 Å². The van der Waals surface area contributed by atoms with Gasteiger partial charge in [-0.3, -0.25) is 14.7 Å². The van der Waals surface area contributed by atoms with Crippen LogP contribution in [0.3, 0.4) is 0 Å². The summed E-state index contributed by atoms with van der Waals surface area (Å²) >= 11 is 4.42. The first-order valence-corrected chi connectivity index (χ1v) is 15.4. The molecule has 2 aliphatic rings. The number of rotatable bonds is 9. The zero-order chi connectivity index (χ0) is 28.1. The van der Waals surface area contributed by atoms with E-state index in [1.165, 1.54) is 28.0 Å². The molecule has 3 heterocycles. The fourth-order valence-corrected chi connectivity index (χ4v) is 7.81. The third-order valence-electron chi connectivity index (χ3n) is 6.34. The number of aliphatic imine (C=N–C) groups is 1. The average Bonchev–Trinajstić information content (AvgIpc) is 3.46. The van der Waals surface area contributed by atoms with E-state index in [0.717, 1.165) is 31.6 Å². The molecule has 0 spiro atoms. The van der Waals surface area contributed by atoms with Crippen LogP contribution in [0.25, 0.3) is 5.57 Å². The summed E-state index contributed by atoms with van der Waals surface area (Å²) in [7, 11) is 1.72. The van der Waals surface area contributed by atoms with Crippen LogP contribution in [0.4, 0.5) is 0 Å². The second kappa shape index (κ2) is 12.8. The van der Waals surface area contributed by atoms with Gasteiger partial charge in [-0.1, -0.05) is 84.6 Å². The molecule has 2 N–H and O–H groups in total. The highest BCUT2D eigenvalue weighted by molar-refractivity contribution is 8.07. The molecule has 2 atom stereocenters. The van der Waals surface area contributed by atoms with Crippen molar-refractivity contribution < 1.29 is 14.3 Å². The summed E-state index contributed by atoms with van der Waals surface area (Å²) in [6, 6.07) is 18.5. The molecule has 1 fully saturated rings. The van der Waals surface area contributed by atoms with Crippen molar-refractivity contribution in [1.29, 1.82) is 0 Å². The van der Waals surface area contributed by atoms with Crippen molar-refractivity contribution in [3.8, 4) is 0 Å². The van der Waals surface area contributed by atoms with Gasteiger partial charge in [-0.05, 0) is 24.1 Å². The Kier molecular flexibility index (Phi) is 9.01. The minimum atomic E-state index is -0.640. The number of amides is 1. The van der Waals surface area contributed by atoms with E-state index < -0.39 is 18.1 Å². The molecule has 2 aromatic carbocycles. The SMILES string of the molecule is C\C=C/C(=C\C=N\C)c1csc(SC2=C(C(=O)OC(c3ccccc3)c3ccccc3)N3C(=O)[C@@H](N)[C@H]3SC2)n1. The molecule has 0 bridgehead atoms. The molecule has 1 saturated heterocycles. The molecule has 1 aromatic heterocycles. The molecule has 0 radical (unpaired) electrons. The topological polar surface area (TPSA) is 97.9 Å². The monoisotopic (exact) mass is 588 g/mol. The van der Waals surface area contributed by atoms with Crippen molar-refractivity contribution in [2.24, 2.45) is 10.7 Å². The summed E-state index contributed by atoms with van der Waals surface area (Å²) in [6.45, 7) is 1.95. The van der Waals surface area contributed by atoms with Gasteiger partial charge in [0.2, 0.25) is 5.91 Å². The van der Waals surface area contributed by atoms with Gasteiger partial charge < -0.3 is 10.5 Å². The van der Waals surface area contributed by atoms with Crippen molar-refractivity contribution in [2.45, 2.75) is 28.8 Å². The van der Waals surface area contributed by atoms with Crippen LogP contribution in [-0.4, -0.2) is 52.2 Å². The number of carbonyl (C=O) groups is 2.